The average Bonchev–Trinajstić information content (AvgIpc) is 3.09. The molecule has 0 saturated carbocycles. The van der Waals surface area contributed by atoms with Crippen LogP contribution in [0.4, 0.5) is 5.69 Å². The zero-order valence-corrected chi connectivity index (χ0v) is 16.3. The number of fused-ring (bicyclic) bond motifs is 4. The molecule has 0 radical (unpaired) electrons. The Morgan fingerprint density at radius 1 is 0.897 bits per heavy atom. The molecule has 8 heteroatoms. The molecule has 0 fully saturated rings. The lowest BCUT2D eigenvalue weighted by Crippen LogP contribution is -2.17. The van der Waals surface area contributed by atoms with E-state index in [1.165, 1.54) is 19.2 Å². The molecular weight excluding hydrogens is 394 g/mol. The van der Waals surface area contributed by atoms with Crippen molar-refractivity contribution in [1.82, 2.24) is 0 Å². The number of ether oxygens (including phenoxy) is 3. The van der Waals surface area contributed by atoms with E-state index in [0.717, 1.165) is 16.4 Å². The van der Waals surface area contributed by atoms with Crippen LogP contribution >= 0.6 is 0 Å². The SMILES string of the molecule is COc1cc2c(cc1NS(=O)(=O)c1ccc3c(c1)OCCO3)oc1ccccc12. The molecule has 0 atom stereocenters. The van der Waals surface area contributed by atoms with Crippen molar-refractivity contribution in [1.29, 1.82) is 0 Å². The van der Waals surface area contributed by atoms with Gasteiger partial charge in [0.1, 0.15) is 30.1 Å². The van der Waals surface area contributed by atoms with Gasteiger partial charge in [-0.25, -0.2) is 8.42 Å². The van der Waals surface area contributed by atoms with Crippen molar-refractivity contribution in [2.45, 2.75) is 4.90 Å². The van der Waals surface area contributed by atoms with E-state index >= 15 is 0 Å². The summed E-state index contributed by atoms with van der Waals surface area (Å²) in [7, 11) is -2.39. The molecule has 148 valence electrons. The van der Waals surface area contributed by atoms with Gasteiger partial charge in [-0.3, -0.25) is 4.72 Å². The molecule has 2 heterocycles. The van der Waals surface area contributed by atoms with Gasteiger partial charge in [0.15, 0.2) is 11.5 Å². The Bertz CT molecular complexity index is 1340. The van der Waals surface area contributed by atoms with E-state index in [1.807, 2.05) is 24.3 Å². The molecule has 29 heavy (non-hydrogen) atoms. The number of para-hydroxylation sites is 1. The van der Waals surface area contributed by atoms with E-state index in [9.17, 15) is 8.42 Å². The first-order valence-corrected chi connectivity index (χ1v) is 10.5. The minimum absolute atomic E-state index is 0.0634. The highest BCUT2D eigenvalue weighted by Crippen LogP contribution is 2.38. The highest BCUT2D eigenvalue weighted by atomic mass is 32.2. The lowest BCUT2D eigenvalue weighted by molar-refractivity contribution is 0.171. The van der Waals surface area contributed by atoms with Gasteiger partial charge in [-0.2, -0.15) is 0 Å². The van der Waals surface area contributed by atoms with Gasteiger partial charge in [-0.05, 0) is 24.3 Å². The fraction of sp³-hybridized carbons (Fsp3) is 0.143. The zero-order valence-electron chi connectivity index (χ0n) is 15.5. The molecule has 0 saturated heterocycles. The van der Waals surface area contributed by atoms with Gasteiger partial charge in [0.25, 0.3) is 10.0 Å². The van der Waals surface area contributed by atoms with Crippen molar-refractivity contribution in [3.63, 3.8) is 0 Å². The van der Waals surface area contributed by atoms with Gasteiger partial charge in [0.2, 0.25) is 0 Å². The van der Waals surface area contributed by atoms with E-state index < -0.39 is 10.0 Å². The fourth-order valence-corrected chi connectivity index (χ4v) is 4.47. The Morgan fingerprint density at radius 3 is 2.52 bits per heavy atom. The Balaban J connectivity index is 1.57. The molecule has 1 aliphatic heterocycles. The molecular formula is C21H17NO6S. The monoisotopic (exact) mass is 411 g/mol. The number of rotatable bonds is 4. The predicted octanol–water partition coefficient (Wildman–Crippen LogP) is 4.17. The van der Waals surface area contributed by atoms with E-state index in [1.54, 1.807) is 18.2 Å². The van der Waals surface area contributed by atoms with Crippen molar-refractivity contribution in [3.05, 3.63) is 54.6 Å². The first kappa shape index (κ1) is 17.7. The van der Waals surface area contributed by atoms with E-state index in [-0.39, 0.29) is 10.6 Å². The third-order valence-corrected chi connectivity index (χ3v) is 6.13. The molecule has 1 aromatic heterocycles. The summed E-state index contributed by atoms with van der Waals surface area (Å²) in [6, 6.07) is 15.5. The second-order valence-electron chi connectivity index (χ2n) is 6.56. The molecule has 1 aliphatic rings. The summed E-state index contributed by atoms with van der Waals surface area (Å²) in [6.45, 7) is 0.812. The molecule has 1 N–H and O–H groups in total. The lowest BCUT2D eigenvalue weighted by atomic mass is 10.1. The number of anilines is 1. The zero-order chi connectivity index (χ0) is 20.0. The quantitative estimate of drug-likeness (QED) is 0.542. The van der Waals surface area contributed by atoms with Crippen LogP contribution in [-0.4, -0.2) is 28.7 Å². The topological polar surface area (TPSA) is 87.0 Å². The van der Waals surface area contributed by atoms with E-state index in [2.05, 4.69) is 4.72 Å². The van der Waals surface area contributed by atoms with Crippen molar-refractivity contribution < 1.29 is 27.0 Å². The van der Waals surface area contributed by atoms with Crippen LogP contribution < -0.4 is 18.9 Å². The largest absolute Gasteiger partial charge is 0.495 e. The normalized spacial score (nSPS) is 13.6. The van der Waals surface area contributed by atoms with Crippen LogP contribution in [0.3, 0.4) is 0 Å². The van der Waals surface area contributed by atoms with Gasteiger partial charge in [0, 0.05) is 22.9 Å². The molecule has 0 aliphatic carbocycles. The van der Waals surface area contributed by atoms with Gasteiger partial charge in [-0.15, -0.1) is 0 Å². The minimum Gasteiger partial charge on any atom is -0.495 e. The molecule has 0 spiro atoms. The first-order chi connectivity index (χ1) is 14.0. The van der Waals surface area contributed by atoms with Gasteiger partial charge in [0.05, 0.1) is 17.7 Å². The van der Waals surface area contributed by atoms with Crippen LogP contribution in [0.2, 0.25) is 0 Å². The summed E-state index contributed by atoms with van der Waals surface area (Å²) in [5.74, 6) is 1.32. The third kappa shape index (κ3) is 3.01. The first-order valence-electron chi connectivity index (χ1n) is 8.97. The summed E-state index contributed by atoms with van der Waals surface area (Å²) in [6.07, 6.45) is 0. The van der Waals surface area contributed by atoms with Crippen LogP contribution in [0.5, 0.6) is 17.2 Å². The number of benzene rings is 3. The summed E-state index contributed by atoms with van der Waals surface area (Å²) in [5.41, 5.74) is 1.57. The molecule has 4 aromatic rings. The summed E-state index contributed by atoms with van der Waals surface area (Å²) in [4.78, 5) is 0.0634. The molecule has 5 rings (SSSR count). The van der Waals surface area contributed by atoms with Crippen LogP contribution in [0.1, 0.15) is 0 Å². The predicted molar refractivity (Wildman–Crippen MR) is 109 cm³/mol. The Hall–Kier alpha value is -3.39. The van der Waals surface area contributed by atoms with Crippen LogP contribution in [0.15, 0.2) is 63.9 Å². The van der Waals surface area contributed by atoms with Gasteiger partial charge >= 0.3 is 0 Å². The molecule has 3 aromatic carbocycles. The number of hydrogen-bond acceptors (Lipinski definition) is 6. The Kier molecular flexibility index (Phi) is 4.02. The minimum atomic E-state index is -3.89. The maximum Gasteiger partial charge on any atom is 0.262 e. The van der Waals surface area contributed by atoms with Gasteiger partial charge < -0.3 is 18.6 Å². The van der Waals surface area contributed by atoms with Gasteiger partial charge in [-0.1, -0.05) is 18.2 Å². The average molecular weight is 411 g/mol. The molecule has 7 nitrogen and oxygen atoms in total. The standard InChI is InChI=1S/C21H17NO6S/c1-25-20-11-15-14-4-2-3-5-17(14)28-19(15)12-16(20)22-29(23,24)13-6-7-18-21(10-13)27-9-8-26-18/h2-7,10-12,22H,8-9H2,1H3. The number of nitrogens with one attached hydrogen (secondary N) is 1. The molecule has 0 bridgehead atoms. The lowest BCUT2D eigenvalue weighted by Gasteiger charge is -2.19. The Morgan fingerprint density at radius 2 is 1.69 bits per heavy atom. The second kappa shape index (κ2) is 6.59. The van der Waals surface area contributed by atoms with Crippen LogP contribution in [0.25, 0.3) is 21.9 Å². The van der Waals surface area contributed by atoms with Crippen LogP contribution in [-0.2, 0) is 10.0 Å². The summed E-state index contributed by atoms with van der Waals surface area (Å²) >= 11 is 0. The van der Waals surface area contributed by atoms with E-state index in [4.69, 9.17) is 18.6 Å². The smallest absolute Gasteiger partial charge is 0.262 e. The highest BCUT2D eigenvalue weighted by molar-refractivity contribution is 7.92. The highest BCUT2D eigenvalue weighted by Gasteiger charge is 2.22. The number of hydrogen-bond donors (Lipinski definition) is 1. The van der Waals surface area contributed by atoms with Crippen molar-refractivity contribution >= 4 is 37.6 Å². The Labute approximate surface area is 166 Å². The number of sulfonamides is 1. The molecule has 0 unspecified atom stereocenters. The van der Waals surface area contributed by atoms with Crippen molar-refractivity contribution in [2.75, 3.05) is 25.0 Å². The second-order valence-corrected chi connectivity index (χ2v) is 8.24. The summed E-state index contributed by atoms with van der Waals surface area (Å²) in [5, 5.41) is 1.78. The number of furan rings is 1. The maximum atomic E-state index is 13.0. The third-order valence-electron chi connectivity index (χ3n) is 4.77. The van der Waals surface area contributed by atoms with E-state index in [0.29, 0.717) is 36.0 Å². The van der Waals surface area contributed by atoms with Crippen molar-refractivity contribution in [2.24, 2.45) is 0 Å². The maximum absolute atomic E-state index is 13.0. The summed E-state index contributed by atoms with van der Waals surface area (Å²) < 4.78 is 50.8. The van der Waals surface area contributed by atoms with Crippen molar-refractivity contribution in [3.8, 4) is 17.2 Å². The number of methoxy groups -OCH3 is 1. The molecule has 0 amide bonds. The van der Waals surface area contributed by atoms with Crippen LogP contribution in [0, 0.1) is 0 Å². The fourth-order valence-electron chi connectivity index (χ4n) is 3.39.